The zero-order valence-electron chi connectivity index (χ0n) is 15.9. The Kier molecular flexibility index (Phi) is 6.67. The molecule has 0 bridgehead atoms. The van der Waals surface area contributed by atoms with E-state index in [1.807, 2.05) is 41.3 Å². The summed E-state index contributed by atoms with van der Waals surface area (Å²) >= 11 is 5.53. The maximum absolute atomic E-state index is 12.6. The summed E-state index contributed by atoms with van der Waals surface area (Å²) in [6, 6.07) is 11.1. The number of benzene rings is 1. The second kappa shape index (κ2) is 9.38. The highest BCUT2D eigenvalue weighted by molar-refractivity contribution is 7.80. The number of furan rings is 1. The molecule has 2 N–H and O–H groups in total. The van der Waals surface area contributed by atoms with Gasteiger partial charge in [-0.05, 0) is 48.6 Å². The van der Waals surface area contributed by atoms with Gasteiger partial charge in [-0.3, -0.25) is 4.79 Å². The maximum atomic E-state index is 12.6. The van der Waals surface area contributed by atoms with Crippen molar-refractivity contribution >= 4 is 28.2 Å². The molecule has 0 aliphatic heterocycles. The van der Waals surface area contributed by atoms with Gasteiger partial charge in [-0.15, -0.1) is 0 Å². The summed E-state index contributed by atoms with van der Waals surface area (Å²) < 4.78 is 15.8. The van der Waals surface area contributed by atoms with Crippen molar-refractivity contribution in [2.24, 2.45) is 0 Å². The molecule has 28 heavy (non-hydrogen) atoms. The van der Waals surface area contributed by atoms with Crippen LogP contribution in [0.15, 0.2) is 51.9 Å². The SMILES string of the molecule is COCCNC(=S)N(Cc1ccco1)Cc1cc2cc(OC)ccc2[nH]c1=O. The zero-order chi connectivity index (χ0) is 19.9. The van der Waals surface area contributed by atoms with Crippen LogP contribution in [-0.4, -0.2) is 42.4 Å². The number of hydrogen-bond donors (Lipinski definition) is 2. The monoisotopic (exact) mass is 401 g/mol. The lowest BCUT2D eigenvalue weighted by atomic mass is 10.1. The molecule has 0 radical (unpaired) electrons. The molecular weight excluding hydrogens is 378 g/mol. The molecule has 0 atom stereocenters. The second-order valence-electron chi connectivity index (χ2n) is 6.24. The van der Waals surface area contributed by atoms with E-state index >= 15 is 0 Å². The van der Waals surface area contributed by atoms with Crippen molar-refractivity contribution in [3.8, 4) is 5.75 Å². The summed E-state index contributed by atoms with van der Waals surface area (Å²) in [5.41, 5.74) is 1.21. The summed E-state index contributed by atoms with van der Waals surface area (Å²) in [4.78, 5) is 17.4. The van der Waals surface area contributed by atoms with Crippen LogP contribution in [0.25, 0.3) is 10.9 Å². The molecule has 3 rings (SSSR count). The average Bonchev–Trinajstić information content (AvgIpc) is 3.21. The summed E-state index contributed by atoms with van der Waals surface area (Å²) in [5.74, 6) is 1.49. The standard InChI is InChI=1S/C20H23N3O4S/c1-25-9-7-21-20(28)23(13-17-4-3-8-27-17)12-15-10-14-11-16(26-2)5-6-18(14)22-19(15)24/h3-6,8,10-11H,7,9,12-13H2,1-2H3,(H,21,28)(H,22,24). The second-order valence-corrected chi connectivity index (χ2v) is 6.62. The summed E-state index contributed by atoms with van der Waals surface area (Å²) in [6.07, 6.45) is 1.62. The van der Waals surface area contributed by atoms with Gasteiger partial charge in [0.05, 0.1) is 33.1 Å². The van der Waals surface area contributed by atoms with Gasteiger partial charge in [0, 0.05) is 30.1 Å². The van der Waals surface area contributed by atoms with Gasteiger partial charge in [-0.2, -0.15) is 0 Å². The van der Waals surface area contributed by atoms with Crippen molar-refractivity contribution in [2.75, 3.05) is 27.4 Å². The molecule has 8 heteroatoms. The first-order chi connectivity index (χ1) is 13.6. The molecule has 2 aromatic heterocycles. The van der Waals surface area contributed by atoms with Crippen LogP contribution in [0.5, 0.6) is 5.75 Å². The Morgan fingerprint density at radius 1 is 1.25 bits per heavy atom. The van der Waals surface area contributed by atoms with Gasteiger partial charge in [0.2, 0.25) is 0 Å². The van der Waals surface area contributed by atoms with Gasteiger partial charge in [-0.25, -0.2) is 0 Å². The molecule has 0 saturated heterocycles. The highest BCUT2D eigenvalue weighted by atomic mass is 32.1. The lowest BCUT2D eigenvalue weighted by molar-refractivity contribution is 0.202. The minimum Gasteiger partial charge on any atom is -0.497 e. The Morgan fingerprint density at radius 2 is 2.11 bits per heavy atom. The van der Waals surface area contributed by atoms with Gasteiger partial charge in [0.15, 0.2) is 5.11 Å². The van der Waals surface area contributed by atoms with Gasteiger partial charge < -0.3 is 29.1 Å². The highest BCUT2D eigenvalue weighted by Gasteiger charge is 2.15. The Bertz CT molecular complexity index is 985. The van der Waals surface area contributed by atoms with E-state index in [1.165, 1.54) is 0 Å². The minimum atomic E-state index is -0.151. The Labute approximate surface area is 168 Å². The number of pyridine rings is 1. The zero-order valence-corrected chi connectivity index (χ0v) is 16.7. The van der Waals surface area contributed by atoms with Crippen molar-refractivity contribution in [1.82, 2.24) is 15.2 Å². The summed E-state index contributed by atoms with van der Waals surface area (Å²) in [5, 5.41) is 4.57. The lowest BCUT2D eigenvalue weighted by Gasteiger charge is -2.25. The number of fused-ring (bicyclic) bond motifs is 1. The fourth-order valence-electron chi connectivity index (χ4n) is 2.84. The van der Waals surface area contributed by atoms with Gasteiger partial charge in [0.1, 0.15) is 11.5 Å². The Balaban J connectivity index is 1.86. The number of nitrogens with zero attached hydrogens (tertiary/aromatic N) is 1. The third-order valence-electron chi connectivity index (χ3n) is 4.29. The number of hydrogen-bond acceptors (Lipinski definition) is 5. The summed E-state index contributed by atoms with van der Waals surface area (Å²) in [7, 11) is 3.25. The lowest BCUT2D eigenvalue weighted by Crippen LogP contribution is -2.41. The highest BCUT2D eigenvalue weighted by Crippen LogP contribution is 2.19. The van der Waals surface area contributed by atoms with Crippen LogP contribution in [0.2, 0.25) is 0 Å². The van der Waals surface area contributed by atoms with Crippen LogP contribution in [0.1, 0.15) is 11.3 Å². The molecule has 0 aliphatic carbocycles. The van der Waals surface area contributed by atoms with Crippen molar-refractivity contribution in [3.63, 3.8) is 0 Å². The molecule has 148 valence electrons. The molecule has 0 amide bonds. The van der Waals surface area contributed by atoms with Crippen LogP contribution in [0.4, 0.5) is 0 Å². The predicted molar refractivity (Wildman–Crippen MR) is 112 cm³/mol. The van der Waals surface area contributed by atoms with E-state index in [-0.39, 0.29) is 5.56 Å². The van der Waals surface area contributed by atoms with E-state index in [4.69, 9.17) is 26.1 Å². The molecule has 3 aromatic rings. The molecule has 1 aromatic carbocycles. The Morgan fingerprint density at radius 3 is 2.82 bits per heavy atom. The number of aromatic amines is 1. The van der Waals surface area contributed by atoms with Gasteiger partial charge in [0.25, 0.3) is 5.56 Å². The fourth-order valence-corrected chi connectivity index (χ4v) is 3.07. The predicted octanol–water partition coefficient (Wildman–Crippen LogP) is 2.65. The topological polar surface area (TPSA) is 79.7 Å². The van der Waals surface area contributed by atoms with E-state index in [9.17, 15) is 4.79 Å². The van der Waals surface area contributed by atoms with Crippen molar-refractivity contribution in [2.45, 2.75) is 13.1 Å². The molecule has 0 spiro atoms. The minimum absolute atomic E-state index is 0.151. The number of rotatable bonds is 8. The molecule has 7 nitrogen and oxygen atoms in total. The first-order valence-electron chi connectivity index (χ1n) is 8.84. The smallest absolute Gasteiger partial charge is 0.253 e. The van der Waals surface area contributed by atoms with E-state index in [2.05, 4.69) is 10.3 Å². The van der Waals surface area contributed by atoms with Crippen LogP contribution in [0, 0.1) is 0 Å². The van der Waals surface area contributed by atoms with Crippen LogP contribution >= 0.6 is 12.2 Å². The van der Waals surface area contributed by atoms with Crippen molar-refractivity contribution < 1.29 is 13.9 Å². The van der Waals surface area contributed by atoms with Crippen LogP contribution in [0.3, 0.4) is 0 Å². The number of H-pyrrole nitrogens is 1. The van der Waals surface area contributed by atoms with Gasteiger partial charge >= 0.3 is 0 Å². The summed E-state index contributed by atoms with van der Waals surface area (Å²) in [6.45, 7) is 1.89. The first-order valence-corrected chi connectivity index (χ1v) is 9.25. The van der Waals surface area contributed by atoms with Crippen LogP contribution < -0.4 is 15.6 Å². The Hall–Kier alpha value is -2.84. The molecule has 0 saturated carbocycles. The molecule has 0 aliphatic rings. The van der Waals surface area contributed by atoms with E-state index < -0.39 is 0 Å². The number of methoxy groups -OCH3 is 2. The average molecular weight is 401 g/mol. The molecule has 2 heterocycles. The molecular formula is C20H23N3O4S. The van der Waals surface area contributed by atoms with E-state index in [0.717, 1.165) is 22.4 Å². The van der Waals surface area contributed by atoms with Gasteiger partial charge in [-0.1, -0.05) is 0 Å². The fraction of sp³-hybridized carbons (Fsp3) is 0.300. The number of thiocarbonyl (C=S) groups is 1. The molecule has 0 fully saturated rings. The van der Waals surface area contributed by atoms with E-state index in [0.29, 0.717) is 36.9 Å². The normalized spacial score (nSPS) is 10.8. The third kappa shape index (κ3) is 4.90. The van der Waals surface area contributed by atoms with Crippen molar-refractivity contribution in [1.29, 1.82) is 0 Å². The van der Waals surface area contributed by atoms with E-state index in [1.54, 1.807) is 20.5 Å². The van der Waals surface area contributed by atoms with Crippen LogP contribution in [-0.2, 0) is 17.8 Å². The number of ether oxygens (including phenoxy) is 2. The maximum Gasteiger partial charge on any atom is 0.253 e. The third-order valence-corrected chi connectivity index (χ3v) is 4.69. The van der Waals surface area contributed by atoms with Crippen molar-refractivity contribution in [3.05, 3.63) is 64.3 Å². The number of aromatic nitrogens is 1. The number of nitrogens with one attached hydrogen (secondary N) is 2. The first kappa shape index (κ1) is 19.9. The largest absolute Gasteiger partial charge is 0.497 e. The molecule has 0 unspecified atom stereocenters. The quantitative estimate of drug-likeness (QED) is 0.444.